The quantitative estimate of drug-likeness (QED) is 0.697. The molecule has 1 fully saturated rings. The van der Waals surface area contributed by atoms with Crippen LogP contribution in [0, 0.1) is 0 Å². The van der Waals surface area contributed by atoms with E-state index < -0.39 is 11.5 Å². The maximum absolute atomic E-state index is 11.6. The zero-order valence-electron chi connectivity index (χ0n) is 10.6. The van der Waals surface area contributed by atoms with E-state index in [9.17, 15) is 9.59 Å². The van der Waals surface area contributed by atoms with Crippen molar-refractivity contribution >= 4 is 23.2 Å². The third kappa shape index (κ3) is 3.54. The number of thiophene rings is 1. The zero-order chi connectivity index (χ0) is 13.7. The van der Waals surface area contributed by atoms with Crippen molar-refractivity contribution in [1.82, 2.24) is 10.6 Å². The monoisotopic (exact) mass is 282 g/mol. The molecule has 5 nitrogen and oxygen atoms in total. The van der Waals surface area contributed by atoms with Gasteiger partial charge in [0.15, 0.2) is 0 Å². The van der Waals surface area contributed by atoms with Gasteiger partial charge in [-0.15, -0.1) is 11.3 Å². The molecule has 0 atom stereocenters. The third-order valence-corrected chi connectivity index (χ3v) is 4.41. The summed E-state index contributed by atoms with van der Waals surface area (Å²) in [4.78, 5) is 23.9. The number of aliphatic carboxylic acids is 1. The molecule has 0 unspecified atom stereocenters. The number of rotatable bonds is 7. The van der Waals surface area contributed by atoms with E-state index in [1.165, 1.54) is 4.88 Å². The molecule has 1 saturated carbocycles. The molecule has 6 heteroatoms. The van der Waals surface area contributed by atoms with Crippen LogP contribution in [0.4, 0.5) is 0 Å². The smallest absolute Gasteiger partial charge is 0.323 e. The first kappa shape index (κ1) is 14.0. The van der Waals surface area contributed by atoms with Crippen molar-refractivity contribution in [3.05, 3.63) is 22.4 Å². The summed E-state index contributed by atoms with van der Waals surface area (Å²) in [6, 6.07) is 4.01. The topological polar surface area (TPSA) is 78.4 Å². The second kappa shape index (κ2) is 6.16. The molecule has 0 aromatic carbocycles. The molecule has 1 aliphatic carbocycles. The number of nitrogens with one attached hydrogen (secondary N) is 2. The molecule has 19 heavy (non-hydrogen) atoms. The second-order valence-electron chi connectivity index (χ2n) is 4.77. The molecule has 0 saturated heterocycles. The summed E-state index contributed by atoms with van der Waals surface area (Å²) < 4.78 is 0. The van der Waals surface area contributed by atoms with Gasteiger partial charge in [0.05, 0.1) is 6.54 Å². The van der Waals surface area contributed by atoms with E-state index in [2.05, 4.69) is 10.6 Å². The summed E-state index contributed by atoms with van der Waals surface area (Å²) in [5, 5.41) is 16.8. The molecule has 0 radical (unpaired) electrons. The first-order valence-corrected chi connectivity index (χ1v) is 7.28. The molecule has 0 aliphatic heterocycles. The van der Waals surface area contributed by atoms with Crippen LogP contribution in [0.15, 0.2) is 17.5 Å². The fourth-order valence-electron chi connectivity index (χ4n) is 2.09. The van der Waals surface area contributed by atoms with Gasteiger partial charge in [0.1, 0.15) is 5.54 Å². The Morgan fingerprint density at radius 1 is 1.42 bits per heavy atom. The highest BCUT2D eigenvalue weighted by Crippen LogP contribution is 2.31. The van der Waals surface area contributed by atoms with Gasteiger partial charge in [-0.05, 0) is 37.1 Å². The number of carbonyl (C=O) groups is 2. The Bertz CT molecular complexity index is 441. The first-order valence-electron chi connectivity index (χ1n) is 6.40. The van der Waals surface area contributed by atoms with E-state index in [0.29, 0.717) is 19.4 Å². The summed E-state index contributed by atoms with van der Waals surface area (Å²) in [5.74, 6) is -1.01. The Kier molecular flexibility index (Phi) is 4.55. The van der Waals surface area contributed by atoms with Gasteiger partial charge in [-0.1, -0.05) is 6.07 Å². The summed E-state index contributed by atoms with van der Waals surface area (Å²) >= 11 is 1.66. The Morgan fingerprint density at radius 2 is 2.21 bits per heavy atom. The molecule has 2 rings (SSSR count). The van der Waals surface area contributed by atoms with Crippen molar-refractivity contribution in [1.29, 1.82) is 0 Å². The SMILES string of the molecule is O=C(CNC1(C(=O)O)CCC1)NCCc1cccs1. The second-order valence-corrected chi connectivity index (χ2v) is 5.81. The lowest BCUT2D eigenvalue weighted by Gasteiger charge is -2.38. The molecule has 104 valence electrons. The number of hydrogen-bond donors (Lipinski definition) is 3. The summed E-state index contributed by atoms with van der Waals surface area (Å²) in [7, 11) is 0. The number of carbonyl (C=O) groups excluding carboxylic acids is 1. The zero-order valence-corrected chi connectivity index (χ0v) is 11.5. The van der Waals surface area contributed by atoms with Gasteiger partial charge >= 0.3 is 5.97 Å². The first-order chi connectivity index (χ1) is 9.12. The van der Waals surface area contributed by atoms with Gasteiger partial charge < -0.3 is 10.4 Å². The maximum atomic E-state index is 11.6. The number of carboxylic acids is 1. The van der Waals surface area contributed by atoms with E-state index in [0.717, 1.165) is 12.8 Å². The Morgan fingerprint density at radius 3 is 2.74 bits per heavy atom. The lowest BCUT2D eigenvalue weighted by Crippen LogP contribution is -2.59. The van der Waals surface area contributed by atoms with Gasteiger partial charge in [0, 0.05) is 11.4 Å². The largest absolute Gasteiger partial charge is 0.480 e. The number of hydrogen-bond acceptors (Lipinski definition) is 4. The van der Waals surface area contributed by atoms with Crippen molar-refractivity contribution in [2.24, 2.45) is 0 Å². The van der Waals surface area contributed by atoms with Crippen LogP contribution in [0.1, 0.15) is 24.1 Å². The molecule has 3 N–H and O–H groups in total. The van der Waals surface area contributed by atoms with Crippen molar-refractivity contribution in [2.45, 2.75) is 31.2 Å². The van der Waals surface area contributed by atoms with Crippen LogP contribution in [0.25, 0.3) is 0 Å². The Hall–Kier alpha value is -1.40. The maximum Gasteiger partial charge on any atom is 0.323 e. The third-order valence-electron chi connectivity index (χ3n) is 3.48. The molecule has 1 heterocycles. The van der Waals surface area contributed by atoms with Crippen LogP contribution in [0.2, 0.25) is 0 Å². The Balaban J connectivity index is 1.66. The highest BCUT2D eigenvalue weighted by atomic mass is 32.1. The van der Waals surface area contributed by atoms with E-state index in [1.54, 1.807) is 11.3 Å². The number of amides is 1. The van der Waals surface area contributed by atoms with Crippen molar-refractivity contribution < 1.29 is 14.7 Å². The molecule has 0 bridgehead atoms. The van der Waals surface area contributed by atoms with Gasteiger partial charge in [-0.25, -0.2) is 0 Å². The number of carboxylic acid groups (broad SMARTS) is 1. The molecular weight excluding hydrogens is 264 g/mol. The fourth-order valence-corrected chi connectivity index (χ4v) is 2.80. The van der Waals surface area contributed by atoms with Crippen LogP contribution >= 0.6 is 11.3 Å². The molecule has 1 amide bonds. The van der Waals surface area contributed by atoms with E-state index >= 15 is 0 Å². The predicted octanol–water partition coefficient (Wildman–Crippen LogP) is 1.00. The average molecular weight is 282 g/mol. The molecule has 0 spiro atoms. The molecule has 1 aromatic rings. The minimum Gasteiger partial charge on any atom is -0.480 e. The highest BCUT2D eigenvalue weighted by molar-refractivity contribution is 7.09. The minimum atomic E-state index is -0.870. The van der Waals surface area contributed by atoms with Crippen LogP contribution < -0.4 is 10.6 Å². The van der Waals surface area contributed by atoms with Gasteiger partial charge in [0.25, 0.3) is 0 Å². The highest BCUT2D eigenvalue weighted by Gasteiger charge is 2.44. The van der Waals surface area contributed by atoms with E-state index in [4.69, 9.17) is 5.11 Å². The Labute approximate surface area is 116 Å². The van der Waals surface area contributed by atoms with E-state index in [1.807, 2.05) is 17.5 Å². The van der Waals surface area contributed by atoms with Crippen molar-refractivity contribution in [3.63, 3.8) is 0 Å². The summed E-state index contributed by atoms with van der Waals surface area (Å²) in [5.41, 5.74) is -0.870. The molecule has 1 aliphatic rings. The fraction of sp³-hybridized carbons (Fsp3) is 0.538. The van der Waals surface area contributed by atoms with Gasteiger partial charge in [-0.3, -0.25) is 14.9 Å². The minimum absolute atomic E-state index is 0.0662. The van der Waals surface area contributed by atoms with E-state index in [-0.39, 0.29) is 12.5 Å². The van der Waals surface area contributed by atoms with Crippen LogP contribution in [0.3, 0.4) is 0 Å². The summed E-state index contributed by atoms with van der Waals surface area (Å²) in [6.07, 6.45) is 2.92. The lowest BCUT2D eigenvalue weighted by atomic mass is 9.77. The lowest BCUT2D eigenvalue weighted by molar-refractivity contribution is -0.148. The molecular formula is C13H18N2O3S. The average Bonchev–Trinajstić information content (AvgIpc) is 2.80. The van der Waals surface area contributed by atoms with Gasteiger partial charge in [-0.2, -0.15) is 0 Å². The predicted molar refractivity (Wildman–Crippen MR) is 73.3 cm³/mol. The summed E-state index contributed by atoms with van der Waals surface area (Å²) in [6.45, 7) is 0.651. The van der Waals surface area contributed by atoms with Crippen LogP contribution in [-0.4, -0.2) is 35.6 Å². The van der Waals surface area contributed by atoms with Crippen molar-refractivity contribution in [2.75, 3.05) is 13.1 Å². The van der Waals surface area contributed by atoms with Gasteiger partial charge in [0.2, 0.25) is 5.91 Å². The van der Waals surface area contributed by atoms with Crippen LogP contribution in [-0.2, 0) is 16.0 Å². The molecule has 1 aromatic heterocycles. The normalized spacial score (nSPS) is 16.6. The van der Waals surface area contributed by atoms with Crippen LogP contribution in [0.5, 0.6) is 0 Å². The standard InChI is InChI=1S/C13H18N2O3S/c16-11(14-7-4-10-3-1-8-19-10)9-15-13(12(17)18)5-2-6-13/h1,3,8,15H,2,4-7,9H2,(H,14,16)(H,17,18). The van der Waals surface area contributed by atoms with Crippen molar-refractivity contribution in [3.8, 4) is 0 Å².